The van der Waals surface area contributed by atoms with Crippen molar-refractivity contribution in [2.75, 3.05) is 23.0 Å². The van der Waals surface area contributed by atoms with E-state index in [1.165, 1.54) is 19.2 Å². The number of pyridine rings is 1. The molecule has 0 radical (unpaired) electrons. The molecule has 1 saturated heterocycles. The highest BCUT2D eigenvalue weighted by atomic mass is 32.2. The van der Waals surface area contributed by atoms with Crippen molar-refractivity contribution in [1.29, 1.82) is 0 Å². The Morgan fingerprint density at radius 2 is 1.90 bits per heavy atom. The van der Waals surface area contributed by atoms with Crippen molar-refractivity contribution in [2.24, 2.45) is 0 Å². The van der Waals surface area contributed by atoms with E-state index in [9.17, 15) is 18.3 Å². The quantitative estimate of drug-likeness (QED) is 0.261. The zero-order chi connectivity index (χ0) is 27.7. The van der Waals surface area contributed by atoms with Crippen molar-refractivity contribution in [1.82, 2.24) is 10.3 Å². The van der Waals surface area contributed by atoms with Gasteiger partial charge in [0.1, 0.15) is 23.3 Å². The van der Waals surface area contributed by atoms with Gasteiger partial charge in [-0.2, -0.15) is 0 Å². The molecular weight excluding hydrogens is 540 g/mol. The van der Waals surface area contributed by atoms with Crippen LogP contribution in [0.15, 0.2) is 83.4 Å². The number of furan rings is 1. The molecule has 2 atom stereocenters. The summed E-state index contributed by atoms with van der Waals surface area (Å²) < 4.78 is 38.2. The monoisotopic (exact) mass is 564 g/mol. The fraction of sp³-hybridized carbons (Fsp3) is 0.148. The highest BCUT2D eigenvalue weighted by Crippen LogP contribution is 2.44. The predicted octanol–water partition coefficient (Wildman–Crippen LogP) is 4.60. The zero-order valence-corrected chi connectivity index (χ0v) is 22.5. The number of thiocarbonyl (C=S) groups is 1. The van der Waals surface area contributed by atoms with Crippen molar-refractivity contribution >= 4 is 44.7 Å². The highest BCUT2D eigenvalue weighted by molar-refractivity contribution is 7.92. The summed E-state index contributed by atoms with van der Waals surface area (Å²) in [5, 5.41) is 12.9. The molecule has 3 heterocycles. The van der Waals surface area contributed by atoms with Crippen molar-refractivity contribution < 1.29 is 27.5 Å². The van der Waals surface area contributed by atoms with Crippen LogP contribution in [0, 0.1) is 0 Å². The van der Waals surface area contributed by atoms with Gasteiger partial charge in [-0.3, -0.25) is 9.71 Å². The summed E-state index contributed by atoms with van der Waals surface area (Å²) in [4.78, 5) is 17.6. The summed E-state index contributed by atoms with van der Waals surface area (Å²) in [7, 11) is -2.12. The lowest BCUT2D eigenvalue weighted by Gasteiger charge is -2.27. The fourth-order valence-corrected chi connectivity index (χ4v) is 5.40. The molecule has 0 bridgehead atoms. The molecule has 1 fully saturated rings. The molecule has 1 aliphatic rings. The molecular formula is C27H24N4O6S2. The van der Waals surface area contributed by atoms with Crippen LogP contribution in [0.1, 0.15) is 33.9 Å². The van der Waals surface area contributed by atoms with Gasteiger partial charge in [-0.25, -0.2) is 13.2 Å². The predicted molar refractivity (Wildman–Crippen MR) is 150 cm³/mol. The average Bonchev–Trinajstić information content (AvgIpc) is 3.53. The number of benzene rings is 2. The number of anilines is 2. The number of carbonyl (C=O) groups is 1. The van der Waals surface area contributed by atoms with Gasteiger partial charge in [0.05, 0.1) is 36.4 Å². The minimum Gasteiger partial charge on any atom is -0.495 e. The maximum absolute atomic E-state index is 12.0. The number of hydrogen-bond acceptors (Lipinski definition) is 7. The van der Waals surface area contributed by atoms with Crippen molar-refractivity contribution in [3.05, 3.63) is 96.0 Å². The first-order valence-electron chi connectivity index (χ1n) is 11.7. The number of carboxylic acid groups (broad SMARTS) is 1. The Bertz CT molecular complexity index is 1640. The van der Waals surface area contributed by atoms with Crippen molar-refractivity contribution in [2.45, 2.75) is 12.1 Å². The molecule has 4 aromatic rings. The summed E-state index contributed by atoms with van der Waals surface area (Å²) in [6.45, 7) is 0. The van der Waals surface area contributed by atoms with E-state index >= 15 is 0 Å². The van der Waals surface area contributed by atoms with E-state index in [0.29, 0.717) is 33.6 Å². The average molecular weight is 565 g/mol. The molecule has 2 aromatic heterocycles. The van der Waals surface area contributed by atoms with Crippen LogP contribution in [-0.4, -0.2) is 43.0 Å². The normalized spacial score (nSPS) is 17.1. The van der Waals surface area contributed by atoms with Gasteiger partial charge in [-0.15, -0.1) is 0 Å². The second kappa shape index (κ2) is 10.4. The number of rotatable bonds is 8. The number of sulfonamides is 1. The third-order valence-electron chi connectivity index (χ3n) is 6.19. The number of aromatic nitrogens is 1. The van der Waals surface area contributed by atoms with Crippen LogP contribution < -0.4 is 19.7 Å². The first-order valence-corrected chi connectivity index (χ1v) is 14.0. The Balaban J connectivity index is 1.59. The third kappa shape index (κ3) is 5.42. The van der Waals surface area contributed by atoms with E-state index in [1.807, 2.05) is 35.2 Å². The van der Waals surface area contributed by atoms with Gasteiger partial charge in [0.2, 0.25) is 10.0 Å². The molecule has 200 valence electrons. The van der Waals surface area contributed by atoms with Gasteiger partial charge in [-0.1, -0.05) is 18.2 Å². The lowest BCUT2D eigenvalue weighted by atomic mass is 10.0. The SMILES string of the molecule is COc1ccc(N2C(=S)N[C@H](c3ccccn3)[C@H]2c2ccc(-c3ccc(C(=O)O)cc3)o2)cc1NS(C)(=O)=O. The second-order valence-electron chi connectivity index (χ2n) is 8.84. The summed E-state index contributed by atoms with van der Waals surface area (Å²) >= 11 is 5.75. The molecule has 0 amide bonds. The van der Waals surface area contributed by atoms with Crippen LogP contribution in [0.5, 0.6) is 5.75 Å². The van der Waals surface area contributed by atoms with Crippen LogP contribution in [0.2, 0.25) is 0 Å². The molecule has 10 nitrogen and oxygen atoms in total. The Hall–Kier alpha value is -4.42. The molecule has 39 heavy (non-hydrogen) atoms. The molecule has 0 unspecified atom stereocenters. The van der Waals surface area contributed by atoms with E-state index in [1.54, 1.807) is 36.5 Å². The van der Waals surface area contributed by atoms with E-state index in [4.69, 9.17) is 21.4 Å². The summed E-state index contributed by atoms with van der Waals surface area (Å²) in [5.41, 5.74) is 2.49. The van der Waals surface area contributed by atoms with Gasteiger partial charge >= 0.3 is 5.97 Å². The second-order valence-corrected chi connectivity index (χ2v) is 11.0. The number of nitrogens with one attached hydrogen (secondary N) is 2. The molecule has 12 heteroatoms. The number of methoxy groups -OCH3 is 1. The first kappa shape index (κ1) is 26.2. The standard InChI is InChI=1S/C27H24N4O6S2/c1-36-22-11-10-18(15-20(22)30-39(2,34)35)31-25(24(29-27(31)38)19-5-3-4-14-28-19)23-13-12-21(37-23)16-6-8-17(9-7-16)26(32)33/h3-15,24-25,30H,1-2H3,(H,29,38)(H,32,33)/t24-,25-/m1/s1. The summed E-state index contributed by atoms with van der Waals surface area (Å²) in [6.07, 6.45) is 2.76. The van der Waals surface area contributed by atoms with Gasteiger partial charge in [0.15, 0.2) is 5.11 Å². The Labute approximate surface area is 230 Å². The topological polar surface area (TPSA) is 134 Å². The van der Waals surface area contributed by atoms with E-state index < -0.39 is 22.0 Å². The Morgan fingerprint density at radius 1 is 1.13 bits per heavy atom. The van der Waals surface area contributed by atoms with Crippen LogP contribution in [0.3, 0.4) is 0 Å². The van der Waals surface area contributed by atoms with Gasteiger partial charge in [-0.05, 0) is 66.8 Å². The third-order valence-corrected chi connectivity index (χ3v) is 7.09. The number of aromatic carboxylic acids is 1. The minimum absolute atomic E-state index is 0.176. The maximum Gasteiger partial charge on any atom is 0.335 e. The van der Waals surface area contributed by atoms with Gasteiger partial charge in [0.25, 0.3) is 0 Å². The van der Waals surface area contributed by atoms with Crippen LogP contribution in [-0.2, 0) is 10.0 Å². The zero-order valence-electron chi connectivity index (χ0n) is 20.9. The first-order chi connectivity index (χ1) is 18.6. The highest BCUT2D eigenvalue weighted by Gasteiger charge is 2.42. The number of ether oxygens (including phenoxy) is 1. The molecule has 1 aliphatic heterocycles. The molecule has 2 aromatic carbocycles. The van der Waals surface area contributed by atoms with Gasteiger partial charge < -0.3 is 24.5 Å². The largest absolute Gasteiger partial charge is 0.495 e. The Kier molecular flexibility index (Phi) is 6.98. The smallest absolute Gasteiger partial charge is 0.335 e. The summed E-state index contributed by atoms with van der Waals surface area (Å²) in [6, 6.07) is 19.9. The minimum atomic E-state index is -3.58. The van der Waals surface area contributed by atoms with Crippen LogP contribution in [0.25, 0.3) is 11.3 Å². The molecule has 3 N–H and O–H groups in total. The van der Waals surface area contributed by atoms with Crippen LogP contribution >= 0.6 is 12.2 Å². The molecule has 0 spiro atoms. The molecule has 0 aliphatic carbocycles. The number of hydrogen-bond donors (Lipinski definition) is 3. The number of carboxylic acids is 1. The number of nitrogens with zero attached hydrogens (tertiary/aromatic N) is 2. The Morgan fingerprint density at radius 3 is 2.54 bits per heavy atom. The fourth-order valence-electron chi connectivity index (χ4n) is 4.49. The lowest BCUT2D eigenvalue weighted by Crippen LogP contribution is -2.29. The van der Waals surface area contributed by atoms with Crippen molar-refractivity contribution in [3.63, 3.8) is 0 Å². The molecule has 5 rings (SSSR count). The lowest BCUT2D eigenvalue weighted by molar-refractivity contribution is 0.0697. The van der Waals surface area contributed by atoms with Crippen LogP contribution in [0.4, 0.5) is 11.4 Å². The summed E-state index contributed by atoms with van der Waals surface area (Å²) in [5.74, 6) is 0.466. The van der Waals surface area contributed by atoms with E-state index in [0.717, 1.165) is 11.9 Å². The van der Waals surface area contributed by atoms with E-state index in [2.05, 4.69) is 15.0 Å². The van der Waals surface area contributed by atoms with Crippen molar-refractivity contribution in [3.8, 4) is 17.1 Å². The van der Waals surface area contributed by atoms with Gasteiger partial charge in [0, 0.05) is 17.4 Å². The maximum atomic E-state index is 12.0. The van der Waals surface area contributed by atoms with E-state index in [-0.39, 0.29) is 17.3 Å². The molecule has 0 saturated carbocycles.